The van der Waals surface area contributed by atoms with Crippen molar-refractivity contribution in [2.45, 2.75) is 13.5 Å². The highest BCUT2D eigenvalue weighted by Gasteiger charge is 2.09. The second-order valence-electron chi connectivity index (χ2n) is 4.03. The minimum Gasteiger partial charge on any atom is -0.369 e. The molecule has 2 aromatic rings. The molecule has 1 aromatic carbocycles. The third-order valence-electron chi connectivity index (χ3n) is 2.68. The predicted molar refractivity (Wildman–Crippen MR) is 70.1 cm³/mol. The normalized spacial score (nSPS) is 10.1. The van der Waals surface area contributed by atoms with Gasteiger partial charge in [0.15, 0.2) is 0 Å². The fourth-order valence-corrected chi connectivity index (χ4v) is 2.47. The zero-order valence-electron chi connectivity index (χ0n) is 10.1. The van der Waals surface area contributed by atoms with Crippen molar-refractivity contribution in [3.8, 4) is 6.07 Å². The molecule has 1 aromatic heterocycles. The molecule has 0 atom stereocenters. The number of nitrogens with zero attached hydrogens (tertiary/aromatic N) is 3. The van der Waals surface area contributed by atoms with Crippen LogP contribution in [0.4, 0.5) is 10.1 Å². The SMILES string of the molecule is Cc1ncsc1CN(C)c1cc(F)cc(C#N)c1. The molecule has 5 heteroatoms. The van der Waals surface area contributed by atoms with Crippen LogP contribution in [0.25, 0.3) is 0 Å². The average molecular weight is 261 g/mol. The van der Waals surface area contributed by atoms with Gasteiger partial charge in [-0.3, -0.25) is 0 Å². The lowest BCUT2D eigenvalue weighted by molar-refractivity contribution is 0.626. The highest BCUT2D eigenvalue weighted by atomic mass is 32.1. The maximum atomic E-state index is 13.3. The van der Waals surface area contributed by atoms with E-state index in [1.165, 1.54) is 12.1 Å². The van der Waals surface area contributed by atoms with Crippen LogP contribution in [0.15, 0.2) is 23.7 Å². The highest BCUT2D eigenvalue weighted by Crippen LogP contribution is 2.21. The van der Waals surface area contributed by atoms with Crippen molar-refractivity contribution in [3.63, 3.8) is 0 Å². The number of hydrogen-bond acceptors (Lipinski definition) is 4. The van der Waals surface area contributed by atoms with Gasteiger partial charge in [-0.15, -0.1) is 11.3 Å². The van der Waals surface area contributed by atoms with E-state index in [4.69, 9.17) is 5.26 Å². The number of nitriles is 1. The maximum absolute atomic E-state index is 13.3. The zero-order chi connectivity index (χ0) is 13.1. The molecular formula is C13H12FN3S. The summed E-state index contributed by atoms with van der Waals surface area (Å²) in [5.74, 6) is -0.392. The summed E-state index contributed by atoms with van der Waals surface area (Å²) in [5, 5.41) is 8.83. The van der Waals surface area contributed by atoms with Gasteiger partial charge in [0, 0.05) is 17.6 Å². The number of rotatable bonds is 3. The Labute approximate surface area is 109 Å². The molecule has 0 saturated carbocycles. The van der Waals surface area contributed by atoms with Gasteiger partial charge in [0.05, 0.1) is 29.4 Å². The fourth-order valence-electron chi connectivity index (χ4n) is 1.64. The molecule has 0 bridgehead atoms. The number of halogens is 1. The molecular weight excluding hydrogens is 249 g/mol. The van der Waals surface area contributed by atoms with E-state index in [0.717, 1.165) is 10.6 Å². The number of anilines is 1. The lowest BCUT2D eigenvalue weighted by atomic mass is 10.2. The largest absolute Gasteiger partial charge is 0.369 e. The van der Waals surface area contributed by atoms with E-state index in [0.29, 0.717) is 17.8 Å². The zero-order valence-corrected chi connectivity index (χ0v) is 11.0. The van der Waals surface area contributed by atoms with Gasteiger partial charge in [-0.25, -0.2) is 9.37 Å². The lowest BCUT2D eigenvalue weighted by Gasteiger charge is -2.19. The average Bonchev–Trinajstić information content (AvgIpc) is 2.74. The Morgan fingerprint density at radius 3 is 2.83 bits per heavy atom. The second-order valence-corrected chi connectivity index (χ2v) is 4.97. The Hall–Kier alpha value is -1.93. The van der Waals surface area contributed by atoms with E-state index in [1.807, 2.05) is 24.9 Å². The van der Waals surface area contributed by atoms with Gasteiger partial charge >= 0.3 is 0 Å². The van der Waals surface area contributed by atoms with E-state index >= 15 is 0 Å². The van der Waals surface area contributed by atoms with E-state index in [9.17, 15) is 4.39 Å². The first-order chi connectivity index (χ1) is 8.60. The fraction of sp³-hybridized carbons (Fsp3) is 0.231. The van der Waals surface area contributed by atoms with Crippen LogP contribution < -0.4 is 4.90 Å². The molecule has 0 aliphatic carbocycles. The number of thiazole rings is 1. The van der Waals surface area contributed by atoms with Gasteiger partial charge in [0.2, 0.25) is 0 Å². The Morgan fingerprint density at radius 1 is 1.44 bits per heavy atom. The summed E-state index contributed by atoms with van der Waals surface area (Å²) in [6.45, 7) is 2.61. The van der Waals surface area contributed by atoms with Crippen molar-refractivity contribution in [2.24, 2.45) is 0 Å². The van der Waals surface area contributed by atoms with Crippen LogP contribution in [0.1, 0.15) is 16.1 Å². The summed E-state index contributed by atoms with van der Waals surface area (Å²) >= 11 is 1.58. The van der Waals surface area contributed by atoms with Crippen molar-refractivity contribution in [1.29, 1.82) is 5.26 Å². The van der Waals surface area contributed by atoms with E-state index in [1.54, 1.807) is 22.9 Å². The van der Waals surface area contributed by atoms with E-state index in [-0.39, 0.29) is 0 Å². The molecule has 0 fully saturated rings. The number of aryl methyl sites for hydroxylation is 1. The summed E-state index contributed by atoms with van der Waals surface area (Å²) < 4.78 is 13.3. The summed E-state index contributed by atoms with van der Waals surface area (Å²) in [6.07, 6.45) is 0. The topological polar surface area (TPSA) is 39.9 Å². The second kappa shape index (κ2) is 5.15. The third kappa shape index (κ3) is 2.66. The Balaban J connectivity index is 2.24. The molecule has 0 spiro atoms. The van der Waals surface area contributed by atoms with Crippen LogP contribution in [-0.4, -0.2) is 12.0 Å². The molecule has 0 N–H and O–H groups in total. The monoisotopic (exact) mass is 261 g/mol. The van der Waals surface area contributed by atoms with Crippen molar-refractivity contribution >= 4 is 17.0 Å². The maximum Gasteiger partial charge on any atom is 0.126 e. The molecule has 0 amide bonds. The van der Waals surface area contributed by atoms with Crippen LogP contribution in [0.3, 0.4) is 0 Å². The molecule has 2 rings (SSSR count). The number of hydrogen-bond donors (Lipinski definition) is 0. The Kier molecular flexibility index (Phi) is 3.58. The van der Waals surface area contributed by atoms with Crippen molar-refractivity contribution in [1.82, 2.24) is 4.98 Å². The molecule has 92 valence electrons. The first kappa shape index (κ1) is 12.5. The highest BCUT2D eigenvalue weighted by molar-refractivity contribution is 7.09. The molecule has 3 nitrogen and oxygen atoms in total. The van der Waals surface area contributed by atoms with Gasteiger partial charge in [0.1, 0.15) is 5.82 Å². The summed E-state index contributed by atoms with van der Waals surface area (Å²) in [5.41, 5.74) is 3.81. The quantitative estimate of drug-likeness (QED) is 0.852. The van der Waals surface area contributed by atoms with Crippen LogP contribution >= 0.6 is 11.3 Å². The Morgan fingerprint density at radius 2 is 2.22 bits per heavy atom. The number of aromatic nitrogens is 1. The minimum absolute atomic E-state index is 0.331. The van der Waals surface area contributed by atoms with Crippen LogP contribution in [0, 0.1) is 24.1 Å². The van der Waals surface area contributed by atoms with Gasteiger partial charge in [-0.2, -0.15) is 5.26 Å². The summed E-state index contributed by atoms with van der Waals surface area (Å²) in [6, 6.07) is 6.30. The van der Waals surface area contributed by atoms with Crippen molar-refractivity contribution < 1.29 is 4.39 Å². The van der Waals surface area contributed by atoms with Crippen LogP contribution in [-0.2, 0) is 6.54 Å². The van der Waals surface area contributed by atoms with Gasteiger partial charge in [-0.1, -0.05) is 0 Å². The summed E-state index contributed by atoms with van der Waals surface area (Å²) in [4.78, 5) is 7.23. The minimum atomic E-state index is -0.392. The van der Waals surface area contributed by atoms with Gasteiger partial charge in [0.25, 0.3) is 0 Å². The van der Waals surface area contributed by atoms with Crippen LogP contribution in [0.2, 0.25) is 0 Å². The van der Waals surface area contributed by atoms with Gasteiger partial charge in [-0.05, 0) is 25.1 Å². The third-order valence-corrected chi connectivity index (χ3v) is 3.60. The Bertz CT molecular complexity index is 601. The smallest absolute Gasteiger partial charge is 0.126 e. The van der Waals surface area contributed by atoms with E-state index < -0.39 is 5.82 Å². The van der Waals surface area contributed by atoms with Crippen LogP contribution in [0.5, 0.6) is 0 Å². The molecule has 0 radical (unpaired) electrons. The van der Waals surface area contributed by atoms with E-state index in [2.05, 4.69) is 4.98 Å². The standard InChI is InChI=1S/C13H12FN3S/c1-9-13(18-8-16-9)7-17(2)12-4-10(6-15)3-11(14)5-12/h3-5,8H,7H2,1-2H3. The lowest BCUT2D eigenvalue weighted by Crippen LogP contribution is -2.16. The first-order valence-electron chi connectivity index (χ1n) is 5.41. The van der Waals surface area contributed by atoms with Crippen molar-refractivity contribution in [3.05, 3.63) is 45.7 Å². The molecule has 0 aliphatic rings. The predicted octanol–water partition coefficient (Wildman–Crippen LogP) is 3.10. The number of benzene rings is 1. The van der Waals surface area contributed by atoms with Crippen molar-refractivity contribution in [2.75, 3.05) is 11.9 Å². The molecule has 18 heavy (non-hydrogen) atoms. The first-order valence-corrected chi connectivity index (χ1v) is 6.29. The molecule has 0 aliphatic heterocycles. The molecule has 0 unspecified atom stereocenters. The molecule has 1 heterocycles. The summed E-state index contributed by atoms with van der Waals surface area (Å²) in [7, 11) is 1.87. The van der Waals surface area contributed by atoms with Gasteiger partial charge < -0.3 is 4.90 Å². The molecule has 0 saturated heterocycles.